The van der Waals surface area contributed by atoms with Gasteiger partial charge in [-0.3, -0.25) is 18.8 Å². The van der Waals surface area contributed by atoms with Crippen LogP contribution in [0.25, 0.3) is 5.65 Å². The highest BCUT2D eigenvalue weighted by atomic mass is 19.1. The molecule has 4 heterocycles. The number of carbonyl (C=O) groups excluding carboxylic acids is 2. The topological polar surface area (TPSA) is 113 Å². The Balaban J connectivity index is 1.42. The number of hydrogen-bond acceptors (Lipinski definition) is 5. The lowest BCUT2D eigenvalue weighted by Crippen LogP contribution is -2.61. The molecular weight excluding hydrogens is 345 g/mol. The highest BCUT2D eigenvalue weighted by Gasteiger charge is 2.35. The first-order chi connectivity index (χ1) is 12.5. The van der Waals surface area contributed by atoms with Gasteiger partial charge in [0.25, 0.3) is 17.4 Å². The van der Waals surface area contributed by atoms with Crippen molar-refractivity contribution in [3.8, 4) is 0 Å². The van der Waals surface area contributed by atoms with Gasteiger partial charge in [-0.2, -0.15) is 9.55 Å². The zero-order valence-electron chi connectivity index (χ0n) is 13.7. The average molecular weight is 359 g/mol. The molecule has 9 nitrogen and oxygen atoms in total. The highest BCUT2D eigenvalue weighted by Crippen LogP contribution is 2.15. The van der Waals surface area contributed by atoms with E-state index in [9.17, 15) is 18.8 Å². The van der Waals surface area contributed by atoms with Gasteiger partial charge in [0.2, 0.25) is 5.95 Å². The Bertz CT molecular complexity index is 1080. The average Bonchev–Trinajstić information content (AvgIpc) is 3.10. The van der Waals surface area contributed by atoms with E-state index >= 15 is 0 Å². The minimum atomic E-state index is -0.745. The van der Waals surface area contributed by atoms with Crippen LogP contribution in [0.1, 0.15) is 26.6 Å². The first kappa shape index (κ1) is 16.1. The van der Waals surface area contributed by atoms with Crippen LogP contribution in [0, 0.1) is 12.9 Å². The molecule has 0 spiro atoms. The molecule has 3 aromatic rings. The summed E-state index contributed by atoms with van der Waals surface area (Å²) < 4.78 is 20.3. The van der Waals surface area contributed by atoms with Crippen LogP contribution in [0.15, 0.2) is 33.7 Å². The lowest BCUT2D eigenvalue weighted by atomic mass is 10.1. The quantitative estimate of drug-likeness (QED) is 0.699. The van der Waals surface area contributed by atoms with Gasteiger partial charge in [0.1, 0.15) is 17.0 Å². The molecule has 0 aromatic carbocycles. The zero-order chi connectivity index (χ0) is 18.4. The SMILES string of the molecule is Cc1o[nH]c(=O)c1C(=O)N1CC(NC(=O)c2nc3ccccn3c2F)C1. The predicted molar refractivity (Wildman–Crippen MR) is 86.4 cm³/mol. The van der Waals surface area contributed by atoms with E-state index in [1.165, 1.54) is 22.4 Å². The van der Waals surface area contributed by atoms with Crippen LogP contribution in [0.4, 0.5) is 4.39 Å². The van der Waals surface area contributed by atoms with Crippen molar-refractivity contribution in [2.75, 3.05) is 13.1 Å². The van der Waals surface area contributed by atoms with Gasteiger partial charge in [0, 0.05) is 19.3 Å². The summed E-state index contributed by atoms with van der Waals surface area (Å²) in [6, 6.07) is 4.57. The largest absolute Gasteiger partial charge is 0.383 e. The van der Waals surface area contributed by atoms with Crippen molar-refractivity contribution in [3.63, 3.8) is 0 Å². The van der Waals surface area contributed by atoms with Crippen molar-refractivity contribution < 1.29 is 18.5 Å². The third kappa shape index (κ3) is 2.46. The number of likely N-dealkylation sites (tertiary alicyclic amines) is 1. The Labute approximate surface area is 145 Å². The van der Waals surface area contributed by atoms with Crippen molar-refractivity contribution in [1.82, 2.24) is 24.8 Å². The van der Waals surface area contributed by atoms with Crippen molar-refractivity contribution in [3.05, 3.63) is 57.7 Å². The normalized spacial score (nSPS) is 14.5. The van der Waals surface area contributed by atoms with Crippen LogP contribution < -0.4 is 10.9 Å². The van der Waals surface area contributed by atoms with E-state index in [-0.39, 0.29) is 36.1 Å². The molecule has 10 heteroatoms. The molecule has 0 unspecified atom stereocenters. The number of hydrogen-bond donors (Lipinski definition) is 2. The Hall–Kier alpha value is -3.43. The number of carbonyl (C=O) groups is 2. The number of nitrogens with one attached hydrogen (secondary N) is 2. The molecule has 0 atom stereocenters. The number of aromatic nitrogens is 3. The first-order valence-electron chi connectivity index (χ1n) is 7.86. The van der Waals surface area contributed by atoms with E-state index in [0.29, 0.717) is 5.65 Å². The smallest absolute Gasteiger partial charge is 0.293 e. The summed E-state index contributed by atoms with van der Waals surface area (Å²) in [4.78, 5) is 41.5. The zero-order valence-corrected chi connectivity index (χ0v) is 13.7. The van der Waals surface area contributed by atoms with Gasteiger partial charge in [0.05, 0.1) is 6.04 Å². The second kappa shape index (κ2) is 5.83. The van der Waals surface area contributed by atoms with Crippen LogP contribution in [0.2, 0.25) is 0 Å². The Morgan fingerprint density at radius 2 is 2.15 bits per heavy atom. The number of rotatable bonds is 3. The molecule has 2 amide bonds. The van der Waals surface area contributed by atoms with Gasteiger partial charge in [-0.15, -0.1) is 0 Å². The fourth-order valence-corrected chi connectivity index (χ4v) is 2.89. The van der Waals surface area contributed by atoms with Crippen LogP contribution in [-0.4, -0.2) is 50.4 Å². The minimum Gasteiger partial charge on any atom is -0.383 e. The maximum absolute atomic E-state index is 14.3. The number of aromatic amines is 1. The van der Waals surface area contributed by atoms with Gasteiger partial charge in [-0.1, -0.05) is 6.07 Å². The fraction of sp³-hybridized carbons (Fsp3) is 0.250. The highest BCUT2D eigenvalue weighted by molar-refractivity contribution is 5.96. The lowest BCUT2D eigenvalue weighted by Gasteiger charge is -2.39. The van der Waals surface area contributed by atoms with Gasteiger partial charge in [0.15, 0.2) is 5.69 Å². The van der Waals surface area contributed by atoms with Crippen molar-refractivity contribution in [1.29, 1.82) is 0 Å². The lowest BCUT2D eigenvalue weighted by molar-refractivity contribution is 0.0538. The molecule has 4 rings (SSSR count). The second-order valence-electron chi connectivity index (χ2n) is 6.03. The molecule has 0 saturated carbocycles. The number of imidazole rings is 1. The molecule has 1 aliphatic heterocycles. The van der Waals surface area contributed by atoms with E-state index in [0.717, 1.165) is 0 Å². The fourth-order valence-electron chi connectivity index (χ4n) is 2.89. The van der Waals surface area contributed by atoms with Gasteiger partial charge in [-0.05, 0) is 19.1 Å². The molecule has 134 valence electrons. The Morgan fingerprint density at radius 3 is 2.81 bits per heavy atom. The summed E-state index contributed by atoms with van der Waals surface area (Å²) in [6.07, 6.45) is 1.48. The Morgan fingerprint density at radius 1 is 1.38 bits per heavy atom. The first-order valence-corrected chi connectivity index (χ1v) is 7.86. The second-order valence-corrected chi connectivity index (χ2v) is 6.03. The molecule has 0 bridgehead atoms. The molecule has 3 aromatic heterocycles. The number of fused-ring (bicyclic) bond motifs is 1. The van der Waals surface area contributed by atoms with Crippen LogP contribution in [-0.2, 0) is 0 Å². The van der Waals surface area contributed by atoms with Crippen molar-refractivity contribution in [2.45, 2.75) is 13.0 Å². The van der Waals surface area contributed by atoms with Gasteiger partial charge >= 0.3 is 0 Å². The molecule has 0 radical (unpaired) electrons. The van der Waals surface area contributed by atoms with E-state index < -0.39 is 23.3 Å². The maximum atomic E-state index is 14.3. The number of aryl methyl sites for hydroxylation is 1. The van der Waals surface area contributed by atoms with E-state index in [1.807, 2.05) is 0 Å². The molecule has 26 heavy (non-hydrogen) atoms. The monoisotopic (exact) mass is 359 g/mol. The summed E-state index contributed by atoms with van der Waals surface area (Å²) in [5.41, 5.74) is -0.619. The van der Waals surface area contributed by atoms with Gasteiger partial charge < -0.3 is 14.7 Å². The molecule has 1 saturated heterocycles. The van der Waals surface area contributed by atoms with E-state index in [2.05, 4.69) is 15.5 Å². The summed E-state index contributed by atoms with van der Waals surface area (Å²) in [7, 11) is 0. The number of pyridine rings is 1. The third-order valence-corrected chi connectivity index (χ3v) is 4.28. The summed E-state index contributed by atoms with van der Waals surface area (Å²) in [6.45, 7) is 1.93. The van der Waals surface area contributed by atoms with Crippen LogP contribution >= 0.6 is 0 Å². The maximum Gasteiger partial charge on any atom is 0.293 e. The predicted octanol–water partition coefficient (Wildman–Crippen LogP) is 0.318. The summed E-state index contributed by atoms with van der Waals surface area (Å²) >= 11 is 0. The molecule has 1 fully saturated rings. The Kier molecular flexibility index (Phi) is 3.60. The van der Waals surface area contributed by atoms with Crippen molar-refractivity contribution >= 4 is 17.5 Å². The number of nitrogens with zero attached hydrogens (tertiary/aromatic N) is 3. The van der Waals surface area contributed by atoms with E-state index in [1.54, 1.807) is 18.2 Å². The minimum absolute atomic E-state index is 0.0545. The van der Waals surface area contributed by atoms with Gasteiger partial charge in [-0.25, -0.2) is 4.98 Å². The molecule has 0 aliphatic carbocycles. The van der Waals surface area contributed by atoms with Crippen molar-refractivity contribution in [2.24, 2.45) is 0 Å². The van der Waals surface area contributed by atoms with Crippen LogP contribution in [0.3, 0.4) is 0 Å². The third-order valence-electron chi connectivity index (χ3n) is 4.28. The number of halogens is 1. The molecule has 1 aliphatic rings. The van der Waals surface area contributed by atoms with Crippen LogP contribution in [0.5, 0.6) is 0 Å². The molecule has 2 N–H and O–H groups in total. The summed E-state index contributed by atoms with van der Waals surface area (Å²) in [5, 5.41) is 4.74. The number of amides is 2. The standard InChI is InChI=1S/C16H14FN5O4/c1-8-11(14(23)20-26-8)16(25)21-6-9(7-21)18-15(24)12-13(17)22-5-3-2-4-10(22)19-12/h2-5,9H,6-7H2,1H3,(H,18,24)(H,20,23). The molecular formula is C16H14FN5O4. The summed E-state index contributed by atoms with van der Waals surface area (Å²) in [5.74, 6) is -1.66. The number of H-pyrrole nitrogens is 1. The van der Waals surface area contributed by atoms with E-state index in [4.69, 9.17) is 4.52 Å².